The number of hydrogen-bond acceptors (Lipinski definition) is 4. The lowest BCUT2D eigenvalue weighted by Crippen LogP contribution is -2.24. The van der Waals surface area contributed by atoms with Crippen molar-refractivity contribution in [3.05, 3.63) is 15.9 Å². The first-order valence-electron chi connectivity index (χ1n) is 3.98. The van der Waals surface area contributed by atoms with Crippen molar-refractivity contribution in [2.24, 2.45) is 0 Å². The van der Waals surface area contributed by atoms with E-state index in [1.807, 2.05) is 11.4 Å². The predicted molar refractivity (Wildman–Crippen MR) is 58.2 cm³/mol. The number of halogens is 1. The van der Waals surface area contributed by atoms with Gasteiger partial charge in [0.2, 0.25) is 0 Å². The van der Waals surface area contributed by atoms with E-state index in [1.54, 1.807) is 11.3 Å². The molecule has 0 bridgehead atoms. The number of aliphatic hydroxyl groups excluding tert-OH is 2. The lowest BCUT2D eigenvalue weighted by Gasteiger charge is -2.14. The fourth-order valence-electron chi connectivity index (χ4n) is 0.955. The summed E-state index contributed by atoms with van der Waals surface area (Å²) in [4.78, 5) is 0. The Hall–Kier alpha value is -0.100. The molecule has 1 aromatic rings. The van der Waals surface area contributed by atoms with E-state index in [4.69, 9.17) is 10.2 Å². The molecule has 1 rings (SSSR count). The van der Waals surface area contributed by atoms with E-state index >= 15 is 0 Å². The molecule has 5 heteroatoms. The molecule has 1 unspecified atom stereocenters. The topological polar surface area (TPSA) is 52.5 Å². The summed E-state index contributed by atoms with van der Waals surface area (Å²) in [6.07, 6.45) is 0.562. The second kappa shape index (κ2) is 5.59. The Bertz CT molecular complexity index is 254. The van der Waals surface area contributed by atoms with Gasteiger partial charge >= 0.3 is 0 Å². The van der Waals surface area contributed by atoms with E-state index < -0.39 is 0 Å². The Balaban J connectivity index is 2.46. The number of thiophene rings is 1. The molecule has 1 aromatic heterocycles. The summed E-state index contributed by atoms with van der Waals surface area (Å²) < 4.78 is 1.03. The van der Waals surface area contributed by atoms with Gasteiger partial charge < -0.3 is 15.5 Å². The van der Waals surface area contributed by atoms with Gasteiger partial charge in [0.1, 0.15) is 0 Å². The number of hydrogen-bond donors (Lipinski definition) is 3. The summed E-state index contributed by atoms with van der Waals surface area (Å²) >= 11 is 4.91. The summed E-state index contributed by atoms with van der Waals surface area (Å²) in [7, 11) is 0. The Labute approximate surface area is 89.5 Å². The van der Waals surface area contributed by atoms with Crippen LogP contribution in [0.1, 0.15) is 6.42 Å². The predicted octanol–water partition coefficient (Wildman–Crippen LogP) is 1.67. The molecule has 0 radical (unpaired) electrons. The van der Waals surface area contributed by atoms with Gasteiger partial charge in [-0.2, -0.15) is 0 Å². The second-order valence-corrected chi connectivity index (χ2v) is 4.49. The normalized spacial score (nSPS) is 12.8. The molecule has 1 heterocycles. The van der Waals surface area contributed by atoms with Gasteiger partial charge in [0, 0.05) is 16.5 Å². The number of anilines is 1. The zero-order valence-electron chi connectivity index (χ0n) is 7.03. The van der Waals surface area contributed by atoms with Crippen molar-refractivity contribution in [1.82, 2.24) is 0 Å². The van der Waals surface area contributed by atoms with Gasteiger partial charge in [-0.05, 0) is 28.4 Å². The fourth-order valence-corrected chi connectivity index (χ4v) is 2.35. The molecule has 0 aliphatic heterocycles. The van der Waals surface area contributed by atoms with Crippen molar-refractivity contribution >= 4 is 32.3 Å². The summed E-state index contributed by atoms with van der Waals surface area (Å²) in [5.74, 6) is 0. The lowest BCUT2D eigenvalue weighted by atomic mass is 10.2. The third-order valence-corrected chi connectivity index (χ3v) is 3.23. The van der Waals surface area contributed by atoms with Gasteiger partial charge in [0.25, 0.3) is 0 Å². The van der Waals surface area contributed by atoms with E-state index in [0.29, 0.717) is 6.42 Å². The minimum absolute atomic E-state index is 0.0378. The molecule has 3 nitrogen and oxygen atoms in total. The van der Waals surface area contributed by atoms with Crippen molar-refractivity contribution in [3.8, 4) is 0 Å². The molecule has 3 N–H and O–H groups in total. The van der Waals surface area contributed by atoms with Crippen molar-refractivity contribution in [2.45, 2.75) is 12.5 Å². The highest BCUT2D eigenvalue weighted by molar-refractivity contribution is 9.10. The molecule has 0 fully saturated rings. The molecule has 0 aliphatic carbocycles. The largest absolute Gasteiger partial charge is 0.396 e. The SMILES string of the molecule is OCCC(CO)Nc1cc(Br)cs1. The smallest absolute Gasteiger partial charge is 0.0897 e. The standard InChI is InChI=1S/C8H12BrNO2S/c9-6-3-8(13-5-6)10-7(4-12)1-2-11/h3,5,7,10-12H,1-2,4H2. The van der Waals surface area contributed by atoms with Gasteiger partial charge in [-0.15, -0.1) is 11.3 Å². The molecule has 0 amide bonds. The summed E-state index contributed by atoms with van der Waals surface area (Å²) in [5, 5.41) is 23.7. The first-order chi connectivity index (χ1) is 6.26. The molecule has 13 heavy (non-hydrogen) atoms. The number of aliphatic hydroxyl groups is 2. The molecule has 0 aromatic carbocycles. The Morgan fingerprint density at radius 1 is 1.54 bits per heavy atom. The Morgan fingerprint density at radius 2 is 2.31 bits per heavy atom. The van der Waals surface area contributed by atoms with Crippen LogP contribution in [-0.4, -0.2) is 29.5 Å². The van der Waals surface area contributed by atoms with Gasteiger partial charge in [0.15, 0.2) is 0 Å². The maximum absolute atomic E-state index is 8.94. The highest BCUT2D eigenvalue weighted by Crippen LogP contribution is 2.25. The van der Waals surface area contributed by atoms with E-state index in [1.165, 1.54) is 0 Å². The van der Waals surface area contributed by atoms with Crippen molar-refractivity contribution in [3.63, 3.8) is 0 Å². The van der Waals surface area contributed by atoms with E-state index in [0.717, 1.165) is 9.47 Å². The van der Waals surface area contributed by atoms with Crippen LogP contribution in [0.15, 0.2) is 15.9 Å². The van der Waals surface area contributed by atoms with Crippen molar-refractivity contribution in [2.75, 3.05) is 18.5 Å². The third-order valence-electron chi connectivity index (χ3n) is 1.61. The van der Waals surface area contributed by atoms with Crippen LogP contribution in [0.25, 0.3) is 0 Å². The molecule has 0 saturated carbocycles. The maximum atomic E-state index is 8.94. The quantitative estimate of drug-likeness (QED) is 0.759. The number of nitrogens with one attached hydrogen (secondary N) is 1. The first-order valence-corrected chi connectivity index (χ1v) is 5.66. The van der Waals surface area contributed by atoms with Crippen LogP contribution in [0.5, 0.6) is 0 Å². The van der Waals surface area contributed by atoms with Crippen molar-refractivity contribution in [1.29, 1.82) is 0 Å². The van der Waals surface area contributed by atoms with Crippen LogP contribution < -0.4 is 5.32 Å². The van der Waals surface area contributed by atoms with Gasteiger partial charge in [0.05, 0.1) is 17.6 Å². The highest BCUT2D eigenvalue weighted by Gasteiger charge is 2.07. The van der Waals surface area contributed by atoms with Crippen LogP contribution in [0.2, 0.25) is 0 Å². The molecular weight excluding hydrogens is 254 g/mol. The van der Waals surface area contributed by atoms with Gasteiger partial charge in [-0.1, -0.05) is 0 Å². The molecule has 74 valence electrons. The average Bonchev–Trinajstić information content (AvgIpc) is 2.50. The van der Waals surface area contributed by atoms with Crippen LogP contribution in [0.4, 0.5) is 5.00 Å². The van der Waals surface area contributed by atoms with Crippen LogP contribution in [0.3, 0.4) is 0 Å². The maximum Gasteiger partial charge on any atom is 0.0897 e. The minimum Gasteiger partial charge on any atom is -0.396 e. The summed E-state index contributed by atoms with van der Waals surface area (Å²) in [6, 6.07) is 1.89. The third kappa shape index (κ3) is 3.64. The Morgan fingerprint density at radius 3 is 2.77 bits per heavy atom. The average molecular weight is 266 g/mol. The lowest BCUT2D eigenvalue weighted by molar-refractivity contribution is 0.229. The highest BCUT2D eigenvalue weighted by atomic mass is 79.9. The van der Waals surface area contributed by atoms with E-state index in [2.05, 4.69) is 21.2 Å². The van der Waals surface area contributed by atoms with Crippen LogP contribution in [0, 0.1) is 0 Å². The Kier molecular flexibility index (Phi) is 4.72. The molecule has 1 atom stereocenters. The summed E-state index contributed by atoms with van der Waals surface area (Å²) in [6.45, 7) is 0.126. The molecule has 0 saturated heterocycles. The molecular formula is C8H12BrNO2S. The zero-order chi connectivity index (χ0) is 9.68. The van der Waals surface area contributed by atoms with E-state index in [9.17, 15) is 0 Å². The minimum atomic E-state index is -0.0597. The monoisotopic (exact) mass is 265 g/mol. The van der Waals surface area contributed by atoms with Crippen LogP contribution >= 0.6 is 27.3 Å². The zero-order valence-corrected chi connectivity index (χ0v) is 9.44. The summed E-state index contributed by atoms with van der Waals surface area (Å²) in [5.41, 5.74) is 0. The van der Waals surface area contributed by atoms with Gasteiger partial charge in [-0.3, -0.25) is 0 Å². The fraction of sp³-hybridized carbons (Fsp3) is 0.500. The molecule has 0 spiro atoms. The molecule has 0 aliphatic rings. The number of rotatable bonds is 5. The van der Waals surface area contributed by atoms with E-state index in [-0.39, 0.29) is 19.3 Å². The van der Waals surface area contributed by atoms with Crippen molar-refractivity contribution < 1.29 is 10.2 Å². The van der Waals surface area contributed by atoms with Gasteiger partial charge in [-0.25, -0.2) is 0 Å². The first kappa shape index (κ1) is 11.0. The second-order valence-electron chi connectivity index (χ2n) is 2.67. The van der Waals surface area contributed by atoms with Crippen LogP contribution in [-0.2, 0) is 0 Å².